The van der Waals surface area contributed by atoms with Crippen LogP contribution in [0, 0.1) is 0 Å². The molecule has 2 aromatic heterocycles. The molecule has 3 N–H and O–H groups in total. The number of piperidine rings is 1. The average molecular weight is 393 g/mol. The van der Waals surface area contributed by atoms with Gasteiger partial charge >= 0.3 is 0 Å². The largest absolute Gasteiger partial charge is 0.367 e. The Morgan fingerprint density at radius 1 is 1.28 bits per heavy atom. The van der Waals surface area contributed by atoms with Gasteiger partial charge in [0, 0.05) is 30.5 Å². The van der Waals surface area contributed by atoms with E-state index < -0.39 is 5.91 Å². The molecule has 150 valence electrons. The molecule has 3 heterocycles. The predicted molar refractivity (Wildman–Crippen MR) is 109 cm³/mol. The number of hydrogen-bond donors (Lipinski definition) is 2. The highest BCUT2D eigenvalue weighted by Gasteiger charge is 2.22. The van der Waals surface area contributed by atoms with E-state index in [1.54, 1.807) is 24.5 Å². The first-order valence-corrected chi connectivity index (χ1v) is 9.66. The van der Waals surface area contributed by atoms with Crippen LogP contribution in [0.25, 0.3) is 5.78 Å². The zero-order valence-corrected chi connectivity index (χ0v) is 16.2. The molecule has 0 aliphatic carbocycles. The van der Waals surface area contributed by atoms with Crippen LogP contribution in [-0.2, 0) is 11.2 Å². The number of fused-ring (bicyclic) bond motifs is 1. The van der Waals surface area contributed by atoms with Gasteiger partial charge in [-0.15, -0.1) is 0 Å². The molecule has 9 heteroatoms. The topological polar surface area (TPSA) is 119 Å². The van der Waals surface area contributed by atoms with Gasteiger partial charge in [0.2, 0.25) is 11.8 Å². The van der Waals surface area contributed by atoms with Crippen molar-refractivity contribution >= 4 is 29.0 Å². The monoisotopic (exact) mass is 393 g/mol. The molecule has 9 nitrogen and oxygen atoms in total. The average Bonchev–Trinajstić information content (AvgIpc) is 3.16. The van der Waals surface area contributed by atoms with Crippen LogP contribution < -0.4 is 16.0 Å². The van der Waals surface area contributed by atoms with Crippen LogP contribution in [0.5, 0.6) is 0 Å². The number of aromatic nitrogens is 4. The van der Waals surface area contributed by atoms with Crippen LogP contribution in [0.15, 0.2) is 36.9 Å². The van der Waals surface area contributed by atoms with Crippen LogP contribution in [0.2, 0.25) is 0 Å². The summed E-state index contributed by atoms with van der Waals surface area (Å²) in [6.45, 7) is 3.08. The molecule has 0 saturated carbocycles. The van der Waals surface area contributed by atoms with E-state index in [1.165, 1.54) is 17.3 Å². The summed E-state index contributed by atoms with van der Waals surface area (Å²) in [5.41, 5.74) is 8.01. The number of benzene rings is 1. The number of amides is 2. The fourth-order valence-corrected chi connectivity index (χ4v) is 3.73. The first-order chi connectivity index (χ1) is 14.0. The minimum atomic E-state index is -0.528. The molecule has 2 amide bonds. The molecule has 1 aliphatic rings. The summed E-state index contributed by atoms with van der Waals surface area (Å²) < 4.78 is 1.52. The minimum Gasteiger partial charge on any atom is -0.367 e. The fraction of sp³-hybridized carbons (Fsp3) is 0.350. The zero-order chi connectivity index (χ0) is 20.4. The van der Waals surface area contributed by atoms with Crippen LogP contribution in [0.3, 0.4) is 0 Å². The molecular weight excluding hydrogens is 370 g/mol. The molecule has 0 bridgehead atoms. The number of anilines is 2. The number of hydrogen-bond acceptors (Lipinski definition) is 6. The van der Waals surface area contributed by atoms with Crippen LogP contribution in [-0.4, -0.2) is 44.0 Å². The maximum Gasteiger partial charge on any atom is 0.252 e. The highest BCUT2D eigenvalue weighted by Crippen LogP contribution is 2.32. The Morgan fingerprint density at radius 3 is 2.93 bits per heavy atom. The second kappa shape index (κ2) is 7.86. The lowest BCUT2D eigenvalue weighted by Crippen LogP contribution is -2.38. The van der Waals surface area contributed by atoms with Gasteiger partial charge in [0.25, 0.3) is 5.78 Å². The van der Waals surface area contributed by atoms with Crippen molar-refractivity contribution in [3.05, 3.63) is 48.0 Å². The Bertz CT molecular complexity index is 1060. The lowest BCUT2D eigenvalue weighted by molar-refractivity contribution is -0.115. The SMILES string of the molecule is CC1CCCCN1c1ccc(C(N)=O)cc1NC(=O)Cc1cnc2ncnn2c1. The maximum absolute atomic E-state index is 12.7. The van der Waals surface area contributed by atoms with Crippen molar-refractivity contribution in [2.24, 2.45) is 5.73 Å². The van der Waals surface area contributed by atoms with E-state index in [1.807, 2.05) is 6.07 Å². The van der Waals surface area contributed by atoms with Gasteiger partial charge in [0.15, 0.2) is 0 Å². The molecule has 1 aromatic carbocycles. The van der Waals surface area contributed by atoms with Crippen molar-refractivity contribution in [3.63, 3.8) is 0 Å². The summed E-state index contributed by atoms with van der Waals surface area (Å²) in [5.74, 6) is -0.261. The Hall–Kier alpha value is -3.49. The van der Waals surface area contributed by atoms with Crippen molar-refractivity contribution in [2.45, 2.75) is 38.6 Å². The smallest absolute Gasteiger partial charge is 0.252 e. The van der Waals surface area contributed by atoms with E-state index in [4.69, 9.17) is 5.73 Å². The van der Waals surface area contributed by atoms with Gasteiger partial charge in [-0.25, -0.2) is 9.50 Å². The van der Waals surface area contributed by atoms with Gasteiger partial charge in [0.1, 0.15) is 6.33 Å². The standard InChI is InChI=1S/C20H23N7O2/c1-13-4-2-3-7-26(13)17-6-5-15(19(21)29)9-16(17)25-18(28)8-14-10-22-20-23-12-24-27(20)11-14/h5-6,9-13H,2-4,7-8H2,1H3,(H2,21,29)(H,25,28). The third-order valence-corrected chi connectivity index (χ3v) is 5.22. The van der Waals surface area contributed by atoms with E-state index in [0.29, 0.717) is 28.6 Å². The highest BCUT2D eigenvalue weighted by molar-refractivity contribution is 5.99. The number of nitrogens with one attached hydrogen (secondary N) is 1. The molecule has 0 radical (unpaired) electrons. The summed E-state index contributed by atoms with van der Waals surface area (Å²) in [6.07, 6.45) is 8.25. The van der Waals surface area contributed by atoms with Crippen molar-refractivity contribution in [1.29, 1.82) is 0 Å². The normalized spacial score (nSPS) is 16.7. The van der Waals surface area contributed by atoms with Gasteiger partial charge in [-0.2, -0.15) is 10.1 Å². The molecule has 1 unspecified atom stereocenters. The molecule has 4 rings (SSSR count). The number of nitrogens with two attached hydrogens (primary N) is 1. The van der Waals surface area contributed by atoms with Crippen molar-refractivity contribution in [1.82, 2.24) is 19.6 Å². The number of rotatable bonds is 5. The van der Waals surface area contributed by atoms with Crippen molar-refractivity contribution in [3.8, 4) is 0 Å². The zero-order valence-electron chi connectivity index (χ0n) is 16.2. The van der Waals surface area contributed by atoms with Gasteiger partial charge < -0.3 is 16.0 Å². The predicted octanol–water partition coefficient (Wildman–Crippen LogP) is 1.78. The Labute approximate surface area is 167 Å². The van der Waals surface area contributed by atoms with E-state index in [2.05, 4.69) is 32.2 Å². The van der Waals surface area contributed by atoms with Crippen LogP contribution in [0.1, 0.15) is 42.1 Å². The third-order valence-electron chi connectivity index (χ3n) is 5.22. The summed E-state index contributed by atoms with van der Waals surface area (Å²) >= 11 is 0. The van der Waals surface area contributed by atoms with Gasteiger partial charge in [-0.3, -0.25) is 9.59 Å². The van der Waals surface area contributed by atoms with Gasteiger partial charge in [-0.1, -0.05) is 0 Å². The third kappa shape index (κ3) is 4.03. The Kier molecular flexibility index (Phi) is 5.11. The Morgan fingerprint density at radius 2 is 2.14 bits per heavy atom. The minimum absolute atomic E-state index is 0.124. The first kappa shape index (κ1) is 18.9. The molecule has 1 atom stereocenters. The van der Waals surface area contributed by atoms with Crippen molar-refractivity contribution < 1.29 is 9.59 Å². The summed E-state index contributed by atoms with van der Waals surface area (Å²) in [7, 11) is 0. The molecule has 29 heavy (non-hydrogen) atoms. The molecule has 1 saturated heterocycles. The van der Waals surface area contributed by atoms with E-state index >= 15 is 0 Å². The highest BCUT2D eigenvalue weighted by atomic mass is 16.2. The molecular formula is C20H23N7O2. The summed E-state index contributed by atoms with van der Waals surface area (Å²) in [4.78, 5) is 34.8. The quantitative estimate of drug-likeness (QED) is 0.682. The van der Waals surface area contributed by atoms with Gasteiger partial charge in [-0.05, 0) is 49.9 Å². The molecule has 1 fully saturated rings. The number of carbonyl (C=O) groups excluding carboxylic acids is 2. The summed E-state index contributed by atoms with van der Waals surface area (Å²) in [6, 6.07) is 5.57. The second-order valence-corrected chi connectivity index (χ2v) is 7.33. The van der Waals surface area contributed by atoms with Gasteiger partial charge in [0.05, 0.1) is 17.8 Å². The Balaban J connectivity index is 1.58. The van der Waals surface area contributed by atoms with E-state index in [9.17, 15) is 9.59 Å². The van der Waals surface area contributed by atoms with Crippen LogP contribution >= 0.6 is 0 Å². The fourth-order valence-electron chi connectivity index (χ4n) is 3.73. The van der Waals surface area contributed by atoms with Crippen LogP contribution in [0.4, 0.5) is 11.4 Å². The lowest BCUT2D eigenvalue weighted by Gasteiger charge is -2.36. The summed E-state index contributed by atoms with van der Waals surface area (Å²) in [5, 5.41) is 6.99. The molecule has 1 aliphatic heterocycles. The number of nitrogens with zero attached hydrogens (tertiary/aromatic N) is 5. The second-order valence-electron chi connectivity index (χ2n) is 7.33. The lowest BCUT2D eigenvalue weighted by atomic mass is 10.0. The van der Waals surface area contributed by atoms with Crippen molar-refractivity contribution in [2.75, 3.05) is 16.8 Å². The number of primary amides is 1. The van der Waals surface area contributed by atoms with E-state index in [-0.39, 0.29) is 12.3 Å². The first-order valence-electron chi connectivity index (χ1n) is 9.66. The molecule has 3 aromatic rings. The number of carbonyl (C=O) groups is 2. The maximum atomic E-state index is 12.7. The van der Waals surface area contributed by atoms with E-state index in [0.717, 1.165) is 25.1 Å². The molecule has 0 spiro atoms.